The van der Waals surface area contributed by atoms with Crippen molar-refractivity contribution in [3.8, 4) is 0 Å². The Bertz CT molecular complexity index is 221. The maximum Gasteiger partial charge on any atom is 0.0678 e. The van der Waals surface area contributed by atoms with Gasteiger partial charge in [0.1, 0.15) is 0 Å². The zero-order chi connectivity index (χ0) is 12.3. The van der Waals surface area contributed by atoms with E-state index in [1.165, 1.54) is 0 Å². The second-order valence-electron chi connectivity index (χ2n) is 5.46. The lowest BCUT2D eigenvalue weighted by molar-refractivity contribution is -0.0917. The minimum absolute atomic E-state index is 0.327. The van der Waals surface area contributed by atoms with Crippen LogP contribution in [0, 0.1) is 5.92 Å². The third kappa shape index (κ3) is 3.41. The summed E-state index contributed by atoms with van der Waals surface area (Å²) in [5.74, 6) is 0.700. The van der Waals surface area contributed by atoms with Crippen LogP contribution in [-0.4, -0.2) is 56.0 Å². The zero-order valence-electron chi connectivity index (χ0n) is 11.1. The highest BCUT2D eigenvalue weighted by Crippen LogP contribution is 2.25. The summed E-state index contributed by atoms with van der Waals surface area (Å²) in [6, 6.07) is 0.507. The molecule has 0 aliphatic carbocycles. The van der Waals surface area contributed by atoms with Crippen LogP contribution in [0.1, 0.15) is 26.7 Å². The number of nitrogens with zero attached hydrogens (tertiary/aromatic N) is 1. The molecule has 2 aliphatic rings. The van der Waals surface area contributed by atoms with Gasteiger partial charge in [-0.05, 0) is 32.6 Å². The van der Waals surface area contributed by atoms with E-state index in [2.05, 4.69) is 18.7 Å². The summed E-state index contributed by atoms with van der Waals surface area (Å²) in [5.41, 5.74) is 6.00. The SMILES string of the molecule is CC1CN(C(CN)C2CCOCC2)CC(C)O1. The second kappa shape index (κ2) is 6.14. The van der Waals surface area contributed by atoms with E-state index in [1.54, 1.807) is 0 Å². The molecule has 2 N–H and O–H groups in total. The monoisotopic (exact) mass is 242 g/mol. The van der Waals surface area contributed by atoms with Gasteiger partial charge in [0.15, 0.2) is 0 Å². The van der Waals surface area contributed by atoms with E-state index >= 15 is 0 Å². The number of nitrogens with two attached hydrogens (primary N) is 1. The highest BCUT2D eigenvalue weighted by atomic mass is 16.5. The first-order chi connectivity index (χ1) is 8.20. The van der Waals surface area contributed by atoms with Crippen LogP contribution in [0.2, 0.25) is 0 Å². The maximum absolute atomic E-state index is 6.00. The number of rotatable bonds is 3. The van der Waals surface area contributed by atoms with Crippen molar-refractivity contribution in [1.82, 2.24) is 4.90 Å². The molecule has 0 bridgehead atoms. The molecule has 0 aromatic rings. The molecule has 2 aliphatic heterocycles. The van der Waals surface area contributed by atoms with Crippen molar-refractivity contribution in [2.75, 3.05) is 32.8 Å². The Balaban J connectivity index is 1.96. The maximum atomic E-state index is 6.00. The van der Waals surface area contributed by atoms with Crippen LogP contribution in [0.15, 0.2) is 0 Å². The molecule has 17 heavy (non-hydrogen) atoms. The summed E-state index contributed by atoms with van der Waals surface area (Å²) >= 11 is 0. The van der Waals surface area contributed by atoms with Gasteiger partial charge in [0.05, 0.1) is 12.2 Å². The molecule has 0 amide bonds. The summed E-state index contributed by atoms with van der Waals surface area (Å²) in [6.07, 6.45) is 2.96. The molecule has 3 atom stereocenters. The minimum Gasteiger partial charge on any atom is -0.381 e. The minimum atomic E-state index is 0.327. The Labute approximate surface area is 104 Å². The molecular formula is C13H26N2O2. The van der Waals surface area contributed by atoms with Gasteiger partial charge in [0.25, 0.3) is 0 Å². The molecule has 0 saturated carbocycles. The van der Waals surface area contributed by atoms with Crippen LogP contribution >= 0.6 is 0 Å². The van der Waals surface area contributed by atoms with Crippen molar-refractivity contribution in [3.05, 3.63) is 0 Å². The Morgan fingerprint density at radius 1 is 1.18 bits per heavy atom. The Hall–Kier alpha value is -0.160. The average Bonchev–Trinajstić information content (AvgIpc) is 2.30. The first-order valence-electron chi connectivity index (χ1n) is 6.88. The van der Waals surface area contributed by atoms with Gasteiger partial charge in [-0.15, -0.1) is 0 Å². The largest absolute Gasteiger partial charge is 0.381 e. The van der Waals surface area contributed by atoms with Crippen LogP contribution in [0.5, 0.6) is 0 Å². The van der Waals surface area contributed by atoms with Gasteiger partial charge < -0.3 is 15.2 Å². The van der Waals surface area contributed by atoms with Gasteiger partial charge >= 0.3 is 0 Å². The van der Waals surface area contributed by atoms with E-state index in [1.807, 2.05) is 0 Å². The summed E-state index contributed by atoms with van der Waals surface area (Å²) < 4.78 is 11.2. The number of hydrogen-bond acceptors (Lipinski definition) is 4. The third-order valence-electron chi connectivity index (χ3n) is 3.97. The van der Waals surface area contributed by atoms with E-state index < -0.39 is 0 Å². The van der Waals surface area contributed by atoms with Crippen molar-refractivity contribution in [2.45, 2.75) is 44.9 Å². The predicted octanol–water partition coefficient (Wildman–Crippen LogP) is 0.850. The lowest BCUT2D eigenvalue weighted by Crippen LogP contribution is -2.55. The van der Waals surface area contributed by atoms with Gasteiger partial charge in [-0.25, -0.2) is 0 Å². The molecule has 100 valence electrons. The fourth-order valence-electron chi connectivity index (χ4n) is 3.23. The molecule has 0 spiro atoms. The zero-order valence-corrected chi connectivity index (χ0v) is 11.1. The molecule has 2 rings (SSSR count). The topological polar surface area (TPSA) is 47.7 Å². The predicted molar refractivity (Wildman–Crippen MR) is 68.0 cm³/mol. The lowest BCUT2D eigenvalue weighted by Gasteiger charge is -2.43. The van der Waals surface area contributed by atoms with Gasteiger partial charge in [0.2, 0.25) is 0 Å². The van der Waals surface area contributed by atoms with Crippen molar-refractivity contribution in [2.24, 2.45) is 11.7 Å². The third-order valence-corrected chi connectivity index (χ3v) is 3.97. The number of hydrogen-bond donors (Lipinski definition) is 1. The number of morpholine rings is 1. The second-order valence-corrected chi connectivity index (χ2v) is 5.46. The standard InChI is InChI=1S/C13H26N2O2/c1-10-8-15(9-11(2)17-10)13(7-14)12-3-5-16-6-4-12/h10-13H,3-9,14H2,1-2H3. The van der Waals surface area contributed by atoms with Crippen molar-refractivity contribution in [1.29, 1.82) is 0 Å². The normalized spacial score (nSPS) is 34.8. The molecule has 0 aromatic heterocycles. The van der Waals surface area contributed by atoms with Crippen LogP contribution < -0.4 is 5.73 Å². The highest BCUT2D eigenvalue weighted by Gasteiger charge is 2.32. The molecule has 0 aromatic carbocycles. The van der Waals surface area contributed by atoms with Crippen molar-refractivity contribution < 1.29 is 9.47 Å². The van der Waals surface area contributed by atoms with E-state index in [9.17, 15) is 0 Å². The van der Waals surface area contributed by atoms with Crippen LogP contribution in [0.25, 0.3) is 0 Å². The summed E-state index contributed by atoms with van der Waals surface area (Å²) in [5, 5.41) is 0. The van der Waals surface area contributed by atoms with E-state index in [0.717, 1.165) is 45.7 Å². The molecule has 0 radical (unpaired) electrons. The first kappa shape index (κ1) is 13.3. The fourth-order valence-corrected chi connectivity index (χ4v) is 3.23. The molecule has 2 heterocycles. The molecular weight excluding hydrogens is 216 g/mol. The van der Waals surface area contributed by atoms with Gasteiger partial charge in [-0.1, -0.05) is 0 Å². The van der Waals surface area contributed by atoms with Gasteiger partial charge in [-0.3, -0.25) is 4.90 Å². The first-order valence-corrected chi connectivity index (χ1v) is 6.88. The smallest absolute Gasteiger partial charge is 0.0678 e. The fraction of sp³-hybridized carbons (Fsp3) is 1.00. The lowest BCUT2D eigenvalue weighted by atomic mass is 9.90. The van der Waals surface area contributed by atoms with Crippen LogP contribution in [0.4, 0.5) is 0 Å². The van der Waals surface area contributed by atoms with Gasteiger partial charge in [-0.2, -0.15) is 0 Å². The van der Waals surface area contributed by atoms with Gasteiger partial charge in [0, 0.05) is 38.9 Å². The molecule has 4 nitrogen and oxygen atoms in total. The summed E-state index contributed by atoms with van der Waals surface area (Å²) in [6.45, 7) is 8.89. The van der Waals surface area contributed by atoms with E-state index in [4.69, 9.17) is 15.2 Å². The average molecular weight is 242 g/mol. The Kier molecular flexibility index (Phi) is 4.79. The van der Waals surface area contributed by atoms with Crippen molar-refractivity contribution in [3.63, 3.8) is 0 Å². The molecule has 3 unspecified atom stereocenters. The molecule has 2 saturated heterocycles. The van der Waals surface area contributed by atoms with Crippen LogP contribution in [-0.2, 0) is 9.47 Å². The Morgan fingerprint density at radius 2 is 1.76 bits per heavy atom. The van der Waals surface area contributed by atoms with Crippen molar-refractivity contribution >= 4 is 0 Å². The molecule has 2 fully saturated rings. The Morgan fingerprint density at radius 3 is 2.29 bits per heavy atom. The summed E-state index contributed by atoms with van der Waals surface area (Å²) in [7, 11) is 0. The van der Waals surface area contributed by atoms with E-state index in [0.29, 0.717) is 24.2 Å². The van der Waals surface area contributed by atoms with Crippen LogP contribution in [0.3, 0.4) is 0 Å². The number of ether oxygens (including phenoxy) is 2. The molecule has 4 heteroatoms. The highest BCUT2D eigenvalue weighted by molar-refractivity contribution is 4.86. The van der Waals surface area contributed by atoms with E-state index in [-0.39, 0.29) is 0 Å². The quantitative estimate of drug-likeness (QED) is 0.797. The summed E-state index contributed by atoms with van der Waals surface area (Å²) in [4.78, 5) is 2.54.